The molecule has 0 radical (unpaired) electrons. The first kappa shape index (κ1) is 21.2. The first-order chi connectivity index (χ1) is 19.8. The van der Waals surface area contributed by atoms with Crippen LogP contribution in [0.3, 0.4) is 0 Å². The van der Waals surface area contributed by atoms with Crippen LogP contribution in [0.4, 0.5) is 0 Å². The Kier molecular flexibility index (Phi) is 4.17. The maximum absolute atomic E-state index is 5.11. The minimum absolute atomic E-state index is 0.880. The summed E-state index contributed by atoms with van der Waals surface area (Å²) in [6.45, 7) is 0. The standard InChI is InChI=1S/C32H20N8/c1-5-33-13-21-17(1)25-9-26-18-2-6-35-15-23(18)31(38-26)12-32-24-16-36-8-4-20(24)28(40-32)11-30-22-14-34-7-3-19(22)27(39-30)10-29(21)37-25/h1-16,35,37,39-40H. The van der Waals surface area contributed by atoms with E-state index < -0.39 is 0 Å². The van der Waals surface area contributed by atoms with Gasteiger partial charge in [0.1, 0.15) is 0 Å². The van der Waals surface area contributed by atoms with Gasteiger partial charge in [-0.1, -0.05) is 0 Å². The third kappa shape index (κ3) is 3.01. The van der Waals surface area contributed by atoms with E-state index in [9.17, 15) is 0 Å². The van der Waals surface area contributed by atoms with Gasteiger partial charge in [0.25, 0.3) is 0 Å². The molecule has 3 aliphatic heterocycles. The van der Waals surface area contributed by atoms with Gasteiger partial charge in [-0.05, 0) is 48.6 Å². The molecule has 0 unspecified atom stereocenters. The zero-order chi connectivity index (χ0) is 26.2. The summed E-state index contributed by atoms with van der Waals surface area (Å²) >= 11 is 0. The molecule has 9 rings (SSSR count). The molecule has 0 fully saturated rings. The van der Waals surface area contributed by atoms with Crippen LogP contribution in [-0.4, -0.2) is 39.9 Å². The molecule has 8 nitrogen and oxygen atoms in total. The Balaban J connectivity index is 1.50. The van der Waals surface area contributed by atoms with Crippen LogP contribution in [0.15, 0.2) is 73.8 Å². The van der Waals surface area contributed by atoms with Crippen LogP contribution >= 0.6 is 0 Å². The van der Waals surface area contributed by atoms with E-state index in [-0.39, 0.29) is 0 Å². The molecule has 6 aromatic rings. The van der Waals surface area contributed by atoms with Gasteiger partial charge in [0.2, 0.25) is 0 Å². The first-order valence-corrected chi connectivity index (χ1v) is 13.0. The fraction of sp³-hybridized carbons (Fsp3) is 0. The summed E-state index contributed by atoms with van der Waals surface area (Å²) in [6, 6.07) is 8.22. The predicted octanol–water partition coefficient (Wildman–Crippen LogP) is 2.77. The molecule has 8 heteroatoms. The van der Waals surface area contributed by atoms with E-state index in [4.69, 9.17) is 4.98 Å². The highest BCUT2D eigenvalue weighted by molar-refractivity contribution is 5.97. The summed E-state index contributed by atoms with van der Waals surface area (Å²) < 4.78 is 0. The normalized spacial score (nSPS) is 12.8. The molecule has 6 aromatic heterocycles. The summed E-state index contributed by atoms with van der Waals surface area (Å²) in [5.74, 6) is 0. The smallest absolute Gasteiger partial charge is 0.0751 e. The maximum Gasteiger partial charge on any atom is 0.0751 e. The van der Waals surface area contributed by atoms with Gasteiger partial charge in [0.15, 0.2) is 0 Å². The zero-order valence-corrected chi connectivity index (χ0v) is 21.0. The van der Waals surface area contributed by atoms with Gasteiger partial charge in [0.05, 0.1) is 27.8 Å². The van der Waals surface area contributed by atoms with Crippen LogP contribution in [0.2, 0.25) is 0 Å². The molecule has 0 atom stereocenters. The highest BCUT2D eigenvalue weighted by Gasteiger charge is 2.17. The predicted molar refractivity (Wildman–Crippen MR) is 156 cm³/mol. The number of hydrogen-bond acceptors (Lipinski definition) is 4. The second-order valence-electron chi connectivity index (χ2n) is 10.1. The SMILES string of the molecule is C1=c2[nH]c(c3cnccc23)=Cc2[nH]c(c3cnccc23)C=c2[nH]c(c3cnccc23)=Cc2nc1c1cc[nH]cc2-1. The van der Waals surface area contributed by atoms with Crippen LogP contribution < -0.4 is 21.4 Å². The molecule has 8 bridgehead atoms. The number of aromatic amines is 4. The van der Waals surface area contributed by atoms with E-state index in [0.717, 1.165) is 87.6 Å². The molecule has 0 aromatic carbocycles. The Hall–Kier alpha value is -5.76. The number of nitrogens with one attached hydrogen (secondary N) is 4. The van der Waals surface area contributed by atoms with Crippen LogP contribution in [0.5, 0.6) is 0 Å². The van der Waals surface area contributed by atoms with Crippen molar-refractivity contribution in [3.8, 4) is 11.1 Å². The fourth-order valence-corrected chi connectivity index (χ4v) is 5.95. The highest BCUT2D eigenvalue weighted by Crippen LogP contribution is 2.30. The maximum atomic E-state index is 5.11. The lowest BCUT2D eigenvalue weighted by Crippen LogP contribution is -2.11. The Labute approximate surface area is 225 Å². The van der Waals surface area contributed by atoms with Crippen molar-refractivity contribution in [3.05, 3.63) is 118 Å². The summed E-state index contributed by atoms with van der Waals surface area (Å²) in [6.07, 6.45) is 23.7. The summed E-state index contributed by atoms with van der Waals surface area (Å²) in [4.78, 5) is 32.6. The topological polar surface area (TPSA) is 115 Å². The quantitative estimate of drug-likeness (QED) is 0.248. The van der Waals surface area contributed by atoms with E-state index >= 15 is 0 Å². The average Bonchev–Trinajstić information content (AvgIpc) is 3.73. The van der Waals surface area contributed by atoms with Crippen molar-refractivity contribution < 1.29 is 0 Å². The molecule has 0 aliphatic carbocycles. The molecule has 0 spiro atoms. The Morgan fingerprint density at radius 1 is 0.475 bits per heavy atom. The van der Waals surface area contributed by atoms with Gasteiger partial charge in [-0.25, -0.2) is 4.98 Å². The van der Waals surface area contributed by atoms with Gasteiger partial charge in [-0.2, -0.15) is 0 Å². The fourth-order valence-electron chi connectivity index (χ4n) is 5.95. The minimum Gasteiger partial charge on any atom is -0.367 e. The lowest BCUT2D eigenvalue weighted by molar-refractivity contribution is 1.24. The number of hydrogen-bond donors (Lipinski definition) is 4. The lowest BCUT2D eigenvalue weighted by Gasteiger charge is -1.98. The van der Waals surface area contributed by atoms with Crippen molar-refractivity contribution >= 4 is 56.6 Å². The number of nitrogens with zero attached hydrogens (tertiary/aromatic N) is 4. The van der Waals surface area contributed by atoms with Gasteiger partial charge in [-0.3, -0.25) is 15.0 Å². The molecular weight excluding hydrogens is 496 g/mol. The van der Waals surface area contributed by atoms with Crippen molar-refractivity contribution in [2.75, 3.05) is 0 Å². The van der Waals surface area contributed by atoms with Gasteiger partial charge in [0, 0.05) is 109 Å². The van der Waals surface area contributed by atoms with E-state index in [2.05, 4.69) is 65.3 Å². The number of H-pyrrole nitrogens is 4. The van der Waals surface area contributed by atoms with Crippen LogP contribution in [0.25, 0.3) is 67.7 Å². The van der Waals surface area contributed by atoms with Gasteiger partial charge < -0.3 is 19.9 Å². The van der Waals surface area contributed by atoms with Crippen molar-refractivity contribution in [3.63, 3.8) is 0 Å². The van der Waals surface area contributed by atoms with Crippen molar-refractivity contribution in [2.24, 2.45) is 0 Å². The summed E-state index contributed by atoms with van der Waals surface area (Å²) in [5, 5.41) is 10.3. The molecule has 40 heavy (non-hydrogen) atoms. The molecule has 0 saturated heterocycles. The molecule has 9 heterocycles. The number of rotatable bonds is 0. The van der Waals surface area contributed by atoms with Crippen LogP contribution in [-0.2, 0) is 0 Å². The van der Waals surface area contributed by atoms with Crippen molar-refractivity contribution in [1.82, 2.24) is 39.9 Å². The van der Waals surface area contributed by atoms with Crippen molar-refractivity contribution in [1.29, 1.82) is 0 Å². The van der Waals surface area contributed by atoms with E-state index in [0.29, 0.717) is 0 Å². The average molecular weight is 517 g/mol. The zero-order valence-electron chi connectivity index (χ0n) is 21.0. The number of aromatic nitrogens is 8. The number of pyridine rings is 4. The largest absolute Gasteiger partial charge is 0.367 e. The van der Waals surface area contributed by atoms with E-state index in [1.807, 2.05) is 67.8 Å². The Morgan fingerprint density at radius 3 is 1.75 bits per heavy atom. The second kappa shape index (κ2) is 7.87. The molecule has 4 N–H and O–H groups in total. The van der Waals surface area contributed by atoms with E-state index in [1.54, 1.807) is 0 Å². The third-order valence-corrected chi connectivity index (χ3v) is 7.81. The Morgan fingerprint density at radius 2 is 1.02 bits per heavy atom. The molecular formula is C32H20N8. The first-order valence-electron chi connectivity index (χ1n) is 13.0. The number of fused-ring (bicyclic) bond motifs is 20. The minimum atomic E-state index is 0.880. The second-order valence-corrected chi connectivity index (χ2v) is 10.1. The van der Waals surface area contributed by atoms with Crippen molar-refractivity contribution in [2.45, 2.75) is 0 Å². The van der Waals surface area contributed by atoms with E-state index in [1.165, 1.54) is 0 Å². The van der Waals surface area contributed by atoms with Gasteiger partial charge >= 0.3 is 0 Å². The van der Waals surface area contributed by atoms with Crippen LogP contribution in [0.1, 0.15) is 22.8 Å². The third-order valence-electron chi connectivity index (χ3n) is 7.81. The highest BCUT2D eigenvalue weighted by atomic mass is 14.8. The molecule has 3 aliphatic rings. The molecule has 188 valence electrons. The van der Waals surface area contributed by atoms with Gasteiger partial charge in [-0.15, -0.1) is 0 Å². The summed E-state index contributed by atoms with van der Waals surface area (Å²) in [7, 11) is 0. The lowest BCUT2D eigenvalue weighted by atomic mass is 10.1. The van der Waals surface area contributed by atoms with Crippen LogP contribution in [0, 0.1) is 0 Å². The Bertz CT molecular complexity index is 2330. The monoisotopic (exact) mass is 516 g/mol. The summed E-state index contributed by atoms with van der Waals surface area (Å²) in [5.41, 5.74) is 5.86. The molecule has 0 saturated carbocycles. The molecule has 0 amide bonds.